The second-order valence-electron chi connectivity index (χ2n) is 5.31. The van der Waals surface area contributed by atoms with E-state index in [2.05, 4.69) is 0 Å². The number of carbonyl (C=O) groups is 1. The average molecular weight is 363 g/mol. The third-order valence-corrected chi connectivity index (χ3v) is 6.06. The number of benzene rings is 1. The van der Waals surface area contributed by atoms with Crippen molar-refractivity contribution < 1.29 is 21.6 Å². The van der Waals surface area contributed by atoms with E-state index in [-0.39, 0.29) is 10.6 Å². The monoisotopic (exact) mass is 363 g/mol. The first-order chi connectivity index (χ1) is 10.4. The van der Waals surface area contributed by atoms with Gasteiger partial charge < -0.3 is 4.90 Å². The van der Waals surface area contributed by atoms with Crippen LogP contribution in [0.4, 0.5) is 5.69 Å². The fourth-order valence-corrected chi connectivity index (χ4v) is 3.73. The van der Waals surface area contributed by atoms with Gasteiger partial charge in [0.2, 0.25) is 26.0 Å². The van der Waals surface area contributed by atoms with Gasteiger partial charge in [0.25, 0.3) is 0 Å². The molecule has 0 atom stereocenters. The first kappa shape index (κ1) is 19.4. The van der Waals surface area contributed by atoms with E-state index < -0.39 is 32.5 Å². The van der Waals surface area contributed by atoms with Gasteiger partial charge in [-0.3, -0.25) is 9.10 Å². The van der Waals surface area contributed by atoms with Crippen molar-refractivity contribution in [1.29, 1.82) is 0 Å². The van der Waals surface area contributed by atoms with E-state index in [0.29, 0.717) is 0 Å². The zero-order chi connectivity index (χ0) is 18.0. The molecule has 1 aromatic carbocycles. The zero-order valence-corrected chi connectivity index (χ0v) is 15.3. The van der Waals surface area contributed by atoms with Crippen molar-refractivity contribution in [2.45, 2.75) is 4.90 Å². The first-order valence-corrected chi connectivity index (χ1v) is 9.87. The standard InChI is InChI=1S/C13H21N3O5S2/c1-14(2)13(17)10-16(22(5,18)19)11-8-6-7-9-12(11)23(20,21)15(3)4/h6-9H,10H2,1-5H3. The maximum Gasteiger partial charge on any atom is 0.244 e. The Labute approximate surface area is 137 Å². The van der Waals surface area contributed by atoms with Crippen LogP contribution in [0.5, 0.6) is 0 Å². The van der Waals surface area contributed by atoms with Crippen LogP contribution < -0.4 is 4.31 Å². The summed E-state index contributed by atoms with van der Waals surface area (Å²) in [5.74, 6) is -0.465. The summed E-state index contributed by atoms with van der Waals surface area (Å²) in [5, 5.41) is 0. The van der Waals surface area contributed by atoms with E-state index in [1.807, 2.05) is 0 Å². The summed E-state index contributed by atoms with van der Waals surface area (Å²) >= 11 is 0. The number of nitrogens with zero attached hydrogens (tertiary/aromatic N) is 3. The molecule has 0 radical (unpaired) electrons. The van der Waals surface area contributed by atoms with Gasteiger partial charge in [0.15, 0.2) is 0 Å². The summed E-state index contributed by atoms with van der Waals surface area (Å²) in [5.41, 5.74) is -0.0566. The van der Waals surface area contributed by atoms with Gasteiger partial charge in [0.05, 0.1) is 11.9 Å². The van der Waals surface area contributed by atoms with Crippen LogP contribution in [0.1, 0.15) is 0 Å². The molecule has 0 aliphatic heterocycles. The fourth-order valence-electron chi connectivity index (χ4n) is 1.72. The van der Waals surface area contributed by atoms with Crippen LogP contribution in [0, 0.1) is 0 Å². The van der Waals surface area contributed by atoms with Gasteiger partial charge in [0.1, 0.15) is 11.4 Å². The van der Waals surface area contributed by atoms with Crippen molar-refractivity contribution >= 4 is 31.6 Å². The number of sulfonamides is 2. The number of amides is 1. The van der Waals surface area contributed by atoms with Crippen LogP contribution in [0.15, 0.2) is 29.2 Å². The second kappa shape index (κ2) is 6.85. The lowest BCUT2D eigenvalue weighted by Crippen LogP contribution is -2.40. The third kappa shape index (κ3) is 4.43. The lowest BCUT2D eigenvalue weighted by molar-refractivity contribution is -0.127. The molecule has 0 saturated carbocycles. The highest BCUT2D eigenvalue weighted by Crippen LogP contribution is 2.28. The van der Waals surface area contributed by atoms with Crippen LogP contribution in [0.3, 0.4) is 0 Å². The minimum atomic E-state index is -3.87. The summed E-state index contributed by atoms with van der Waals surface area (Å²) < 4.78 is 50.8. The Kier molecular flexibility index (Phi) is 5.78. The quantitative estimate of drug-likeness (QED) is 0.697. The molecule has 0 heterocycles. The molecular formula is C13H21N3O5S2. The molecule has 0 saturated heterocycles. The highest BCUT2D eigenvalue weighted by atomic mass is 32.2. The number of carbonyl (C=O) groups excluding carboxylic acids is 1. The molecular weight excluding hydrogens is 342 g/mol. The molecule has 1 aromatic rings. The number of rotatable bonds is 6. The van der Waals surface area contributed by atoms with Gasteiger partial charge in [-0.05, 0) is 12.1 Å². The van der Waals surface area contributed by atoms with E-state index in [9.17, 15) is 21.6 Å². The van der Waals surface area contributed by atoms with Gasteiger partial charge >= 0.3 is 0 Å². The molecule has 130 valence electrons. The molecule has 0 aromatic heterocycles. The van der Waals surface area contributed by atoms with E-state index in [0.717, 1.165) is 14.9 Å². The molecule has 0 aliphatic carbocycles. The molecule has 0 unspecified atom stereocenters. The summed E-state index contributed by atoms with van der Waals surface area (Å²) in [7, 11) is -2.04. The van der Waals surface area contributed by atoms with Crippen LogP contribution in [0.25, 0.3) is 0 Å². The third-order valence-electron chi connectivity index (χ3n) is 3.07. The normalized spacial score (nSPS) is 12.3. The maximum absolute atomic E-state index is 12.4. The Morgan fingerprint density at radius 2 is 1.52 bits per heavy atom. The van der Waals surface area contributed by atoms with Crippen LogP contribution in [-0.2, 0) is 24.8 Å². The van der Waals surface area contributed by atoms with Crippen molar-refractivity contribution in [2.24, 2.45) is 0 Å². The van der Waals surface area contributed by atoms with Crippen molar-refractivity contribution in [1.82, 2.24) is 9.21 Å². The predicted octanol–water partition coefficient (Wildman–Crippen LogP) is -0.209. The highest BCUT2D eigenvalue weighted by molar-refractivity contribution is 7.92. The topological polar surface area (TPSA) is 95.1 Å². The molecule has 1 rings (SSSR count). The van der Waals surface area contributed by atoms with Crippen molar-refractivity contribution in [3.05, 3.63) is 24.3 Å². The van der Waals surface area contributed by atoms with Gasteiger partial charge in [0, 0.05) is 28.2 Å². The minimum Gasteiger partial charge on any atom is -0.347 e. The molecule has 1 amide bonds. The number of likely N-dealkylation sites (N-methyl/N-ethyl adjacent to an activating group) is 1. The van der Waals surface area contributed by atoms with Gasteiger partial charge in [-0.1, -0.05) is 12.1 Å². The molecule has 0 fully saturated rings. The van der Waals surface area contributed by atoms with E-state index >= 15 is 0 Å². The Hall–Kier alpha value is -1.65. The molecule has 0 N–H and O–H groups in total. The summed E-state index contributed by atoms with van der Waals surface area (Å²) in [4.78, 5) is 13.0. The molecule has 23 heavy (non-hydrogen) atoms. The van der Waals surface area contributed by atoms with Gasteiger partial charge in [-0.2, -0.15) is 0 Å². The lowest BCUT2D eigenvalue weighted by atomic mass is 10.3. The van der Waals surface area contributed by atoms with E-state index in [1.165, 1.54) is 57.4 Å². The van der Waals surface area contributed by atoms with Crippen LogP contribution in [0.2, 0.25) is 0 Å². The Balaban J connectivity index is 3.54. The number of hydrogen-bond acceptors (Lipinski definition) is 5. The Bertz CT molecular complexity index is 786. The number of hydrogen-bond donors (Lipinski definition) is 0. The van der Waals surface area contributed by atoms with E-state index in [1.54, 1.807) is 0 Å². The lowest BCUT2D eigenvalue weighted by Gasteiger charge is -2.26. The summed E-state index contributed by atoms with van der Waals surface area (Å²) in [6, 6.07) is 5.68. The number of anilines is 1. The van der Waals surface area contributed by atoms with Crippen molar-refractivity contribution in [2.75, 3.05) is 45.3 Å². The van der Waals surface area contributed by atoms with E-state index in [4.69, 9.17) is 0 Å². The molecule has 0 bridgehead atoms. The maximum atomic E-state index is 12.4. The van der Waals surface area contributed by atoms with Gasteiger partial charge in [-0.25, -0.2) is 21.1 Å². The SMILES string of the molecule is CN(C)C(=O)CN(c1ccccc1S(=O)(=O)N(C)C)S(C)(=O)=O. The fraction of sp³-hybridized carbons (Fsp3) is 0.462. The van der Waals surface area contributed by atoms with Gasteiger partial charge in [-0.15, -0.1) is 0 Å². The van der Waals surface area contributed by atoms with Crippen LogP contribution in [-0.4, -0.2) is 72.9 Å². The van der Waals surface area contributed by atoms with Crippen LogP contribution >= 0.6 is 0 Å². The largest absolute Gasteiger partial charge is 0.347 e. The Morgan fingerprint density at radius 3 is 1.96 bits per heavy atom. The molecule has 8 nitrogen and oxygen atoms in total. The highest BCUT2D eigenvalue weighted by Gasteiger charge is 2.29. The summed E-state index contributed by atoms with van der Waals surface area (Å²) in [6.45, 7) is -0.480. The van der Waals surface area contributed by atoms with Crippen molar-refractivity contribution in [3.63, 3.8) is 0 Å². The average Bonchev–Trinajstić information content (AvgIpc) is 2.42. The predicted molar refractivity (Wildman–Crippen MR) is 88.2 cm³/mol. The first-order valence-electron chi connectivity index (χ1n) is 6.58. The minimum absolute atomic E-state index is 0.0566. The second-order valence-corrected chi connectivity index (χ2v) is 9.34. The summed E-state index contributed by atoms with van der Waals surface area (Å²) in [6.07, 6.45) is 0.926. The molecule has 0 spiro atoms. The zero-order valence-electron chi connectivity index (χ0n) is 13.7. The smallest absolute Gasteiger partial charge is 0.244 e. The molecule has 10 heteroatoms. The number of para-hydroxylation sites is 1. The van der Waals surface area contributed by atoms with Crippen molar-refractivity contribution in [3.8, 4) is 0 Å². The molecule has 0 aliphatic rings. The Morgan fingerprint density at radius 1 is 1.00 bits per heavy atom.